The molecule has 1 aliphatic carbocycles. The number of nitrogens with zero attached hydrogens (tertiary/aromatic N) is 1. The predicted octanol–water partition coefficient (Wildman–Crippen LogP) is 3.44. The van der Waals surface area contributed by atoms with Crippen LogP contribution in [0, 0.1) is 11.7 Å². The van der Waals surface area contributed by atoms with Crippen molar-refractivity contribution in [3.05, 3.63) is 34.6 Å². The lowest BCUT2D eigenvalue weighted by Gasteiger charge is -2.48. The largest absolute Gasteiger partial charge is 0.311 e. The fourth-order valence-electron chi connectivity index (χ4n) is 3.33. The number of nitrogens with one attached hydrogen (secondary N) is 1. The van der Waals surface area contributed by atoms with Gasteiger partial charge in [0.2, 0.25) is 0 Å². The van der Waals surface area contributed by atoms with Crippen molar-refractivity contribution in [2.45, 2.75) is 44.8 Å². The second kappa shape index (κ2) is 5.28. The average Bonchev–Trinajstić information content (AvgIpc) is 3.24. The zero-order valence-electron chi connectivity index (χ0n) is 12.1. The Hall–Kier alpha value is -0.640. The van der Waals surface area contributed by atoms with E-state index in [0.717, 1.165) is 19.0 Å². The van der Waals surface area contributed by atoms with E-state index in [1.807, 2.05) is 12.1 Å². The first-order valence-electron chi connectivity index (χ1n) is 7.42. The Morgan fingerprint density at radius 1 is 1.45 bits per heavy atom. The summed E-state index contributed by atoms with van der Waals surface area (Å²) in [4.78, 5) is 2.45. The molecule has 0 bridgehead atoms. The van der Waals surface area contributed by atoms with E-state index < -0.39 is 0 Å². The van der Waals surface area contributed by atoms with Crippen molar-refractivity contribution in [3.8, 4) is 0 Å². The van der Waals surface area contributed by atoms with Gasteiger partial charge in [0.1, 0.15) is 5.82 Å². The SMILES string of the molecule is CC1CN(Cc2cccc(Cl)c2F)C(C)(C2CC2)CN1. The molecule has 0 amide bonds. The average molecular weight is 297 g/mol. The van der Waals surface area contributed by atoms with E-state index in [4.69, 9.17) is 11.6 Å². The minimum atomic E-state index is -0.265. The number of hydrogen-bond acceptors (Lipinski definition) is 2. The van der Waals surface area contributed by atoms with Crippen LogP contribution in [0.15, 0.2) is 18.2 Å². The number of piperazine rings is 1. The van der Waals surface area contributed by atoms with E-state index in [1.54, 1.807) is 6.07 Å². The van der Waals surface area contributed by atoms with E-state index >= 15 is 0 Å². The first kappa shape index (κ1) is 14.3. The van der Waals surface area contributed by atoms with Gasteiger partial charge in [0, 0.05) is 36.8 Å². The highest BCUT2D eigenvalue weighted by atomic mass is 35.5. The Kier molecular flexibility index (Phi) is 3.78. The molecule has 4 heteroatoms. The normalized spacial score (nSPS) is 31.5. The van der Waals surface area contributed by atoms with Gasteiger partial charge < -0.3 is 5.32 Å². The molecule has 20 heavy (non-hydrogen) atoms. The molecule has 2 aliphatic rings. The maximum Gasteiger partial charge on any atom is 0.146 e. The lowest BCUT2D eigenvalue weighted by Crippen LogP contribution is -2.63. The number of hydrogen-bond donors (Lipinski definition) is 1. The van der Waals surface area contributed by atoms with Crippen LogP contribution in [0.25, 0.3) is 0 Å². The molecule has 0 radical (unpaired) electrons. The summed E-state index contributed by atoms with van der Waals surface area (Å²) < 4.78 is 14.1. The summed E-state index contributed by atoms with van der Waals surface area (Å²) in [5, 5.41) is 3.80. The molecular formula is C16H22ClFN2. The van der Waals surface area contributed by atoms with Gasteiger partial charge in [0.25, 0.3) is 0 Å². The van der Waals surface area contributed by atoms with Gasteiger partial charge in [-0.2, -0.15) is 0 Å². The molecule has 1 aliphatic heterocycles. The van der Waals surface area contributed by atoms with Crippen molar-refractivity contribution in [1.29, 1.82) is 0 Å². The van der Waals surface area contributed by atoms with Gasteiger partial charge in [0.05, 0.1) is 5.02 Å². The molecule has 1 aromatic carbocycles. The summed E-state index contributed by atoms with van der Waals surface area (Å²) in [6.07, 6.45) is 2.59. The molecule has 1 aromatic rings. The van der Waals surface area contributed by atoms with Crippen molar-refractivity contribution in [3.63, 3.8) is 0 Å². The van der Waals surface area contributed by atoms with Crippen LogP contribution < -0.4 is 5.32 Å². The third kappa shape index (κ3) is 2.59. The van der Waals surface area contributed by atoms with Crippen LogP contribution >= 0.6 is 11.6 Å². The van der Waals surface area contributed by atoms with E-state index in [-0.39, 0.29) is 16.4 Å². The summed E-state index contributed by atoms with van der Waals surface area (Å²) in [6.45, 7) is 7.09. The number of halogens is 2. The van der Waals surface area contributed by atoms with Gasteiger partial charge in [-0.3, -0.25) is 4.90 Å². The van der Waals surface area contributed by atoms with Crippen LogP contribution in [-0.4, -0.2) is 29.6 Å². The zero-order valence-corrected chi connectivity index (χ0v) is 12.9. The molecule has 3 rings (SSSR count). The van der Waals surface area contributed by atoms with Gasteiger partial charge in [-0.1, -0.05) is 23.7 Å². The van der Waals surface area contributed by atoms with Crippen molar-refractivity contribution in [2.75, 3.05) is 13.1 Å². The van der Waals surface area contributed by atoms with Crippen molar-refractivity contribution in [2.24, 2.45) is 5.92 Å². The minimum absolute atomic E-state index is 0.140. The maximum absolute atomic E-state index is 14.1. The third-order valence-electron chi connectivity index (χ3n) is 4.87. The molecule has 2 fully saturated rings. The van der Waals surface area contributed by atoms with E-state index in [2.05, 4.69) is 24.1 Å². The molecular weight excluding hydrogens is 275 g/mol. The smallest absolute Gasteiger partial charge is 0.146 e. The van der Waals surface area contributed by atoms with E-state index in [1.165, 1.54) is 12.8 Å². The molecule has 2 unspecified atom stereocenters. The second-order valence-corrected chi connectivity index (χ2v) is 6.91. The van der Waals surface area contributed by atoms with Crippen molar-refractivity contribution >= 4 is 11.6 Å². The fourth-order valence-corrected chi connectivity index (χ4v) is 3.52. The molecule has 0 aromatic heterocycles. The zero-order chi connectivity index (χ0) is 14.3. The highest BCUT2D eigenvalue weighted by molar-refractivity contribution is 6.30. The van der Waals surface area contributed by atoms with Crippen LogP contribution in [-0.2, 0) is 6.54 Å². The Balaban J connectivity index is 1.84. The summed E-state index contributed by atoms with van der Waals surface area (Å²) in [5.74, 6) is 0.475. The van der Waals surface area contributed by atoms with Crippen LogP contribution in [0.3, 0.4) is 0 Å². The summed E-state index contributed by atoms with van der Waals surface area (Å²) >= 11 is 5.90. The molecule has 1 saturated heterocycles. The summed E-state index contributed by atoms with van der Waals surface area (Å²) in [6, 6.07) is 5.74. The van der Waals surface area contributed by atoms with Crippen molar-refractivity contribution in [1.82, 2.24) is 10.2 Å². The standard InChI is InChI=1S/C16H22ClFN2/c1-11-8-20(16(2,10-19-11)13-6-7-13)9-12-4-3-5-14(17)15(12)18/h3-5,11,13,19H,6-10H2,1-2H3. The first-order chi connectivity index (χ1) is 9.50. The number of rotatable bonds is 3. The van der Waals surface area contributed by atoms with Gasteiger partial charge in [-0.15, -0.1) is 0 Å². The molecule has 1 saturated carbocycles. The van der Waals surface area contributed by atoms with Gasteiger partial charge in [-0.25, -0.2) is 4.39 Å². The topological polar surface area (TPSA) is 15.3 Å². The molecule has 2 nitrogen and oxygen atoms in total. The van der Waals surface area contributed by atoms with Crippen LogP contribution in [0.5, 0.6) is 0 Å². The van der Waals surface area contributed by atoms with E-state index in [9.17, 15) is 4.39 Å². The number of benzene rings is 1. The highest BCUT2D eigenvalue weighted by Gasteiger charge is 2.47. The quantitative estimate of drug-likeness (QED) is 0.919. The monoisotopic (exact) mass is 296 g/mol. The van der Waals surface area contributed by atoms with E-state index in [0.29, 0.717) is 18.2 Å². The summed E-state index contributed by atoms with van der Waals surface area (Å²) in [7, 11) is 0. The summed E-state index contributed by atoms with van der Waals surface area (Å²) in [5.41, 5.74) is 0.847. The van der Waals surface area contributed by atoms with Gasteiger partial charge in [-0.05, 0) is 38.7 Å². The van der Waals surface area contributed by atoms with Crippen LogP contribution in [0.2, 0.25) is 5.02 Å². The van der Waals surface area contributed by atoms with Crippen molar-refractivity contribution < 1.29 is 4.39 Å². The lowest BCUT2D eigenvalue weighted by molar-refractivity contribution is 0.0303. The molecule has 1 N–H and O–H groups in total. The highest BCUT2D eigenvalue weighted by Crippen LogP contribution is 2.44. The molecule has 2 atom stereocenters. The van der Waals surface area contributed by atoms with Crippen LogP contribution in [0.1, 0.15) is 32.3 Å². The third-order valence-corrected chi connectivity index (χ3v) is 5.17. The molecule has 110 valence electrons. The van der Waals surface area contributed by atoms with Gasteiger partial charge in [0.15, 0.2) is 0 Å². The lowest BCUT2D eigenvalue weighted by atomic mass is 9.89. The van der Waals surface area contributed by atoms with Crippen LogP contribution in [0.4, 0.5) is 4.39 Å². The first-order valence-corrected chi connectivity index (χ1v) is 7.80. The Morgan fingerprint density at radius 2 is 2.20 bits per heavy atom. The Morgan fingerprint density at radius 3 is 2.90 bits per heavy atom. The van der Waals surface area contributed by atoms with Gasteiger partial charge >= 0.3 is 0 Å². The molecule has 1 heterocycles. The molecule has 0 spiro atoms. The Labute approximate surface area is 125 Å². The second-order valence-electron chi connectivity index (χ2n) is 6.51. The minimum Gasteiger partial charge on any atom is -0.311 e. The predicted molar refractivity (Wildman–Crippen MR) is 80.4 cm³/mol. The fraction of sp³-hybridized carbons (Fsp3) is 0.625. The maximum atomic E-state index is 14.1. The Bertz CT molecular complexity index is 503.